The molecule has 0 bridgehead atoms. The van der Waals surface area contributed by atoms with Gasteiger partial charge in [-0.25, -0.2) is 4.79 Å². The van der Waals surface area contributed by atoms with Crippen molar-refractivity contribution < 1.29 is 9.59 Å². The zero-order valence-corrected chi connectivity index (χ0v) is 19.4. The van der Waals surface area contributed by atoms with Gasteiger partial charge in [0.1, 0.15) is 0 Å². The lowest BCUT2D eigenvalue weighted by molar-refractivity contribution is -0.116. The molecule has 0 atom stereocenters. The van der Waals surface area contributed by atoms with E-state index in [1.807, 2.05) is 42.5 Å². The van der Waals surface area contributed by atoms with E-state index in [1.165, 1.54) is 19.3 Å². The smallest absolute Gasteiger partial charge is 0.315 e. The molecule has 1 saturated heterocycles. The number of benzene rings is 2. The summed E-state index contributed by atoms with van der Waals surface area (Å²) in [5.74, 6) is 0.0329. The van der Waals surface area contributed by atoms with Gasteiger partial charge in [-0.3, -0.25) is 4.79 Å². The fourth-order valence-corrected chi connectivity index (χ4v) is 4.89. The third kappa shape index (κ3) is 7.06. The number of hydrogen-bond acceptors (Lipinski definition) is 3. The van der Waals surface area contributed by atoms with Gasteiger partial charge in [0.15, 0.2) is 0 Å². The van der Waals surface area contributed by atoms with Gasteiger partial charge < -0.3 is 20.9 Å². The second-order valence-corrected chi connectivity index (χ2v) is 9.28. The molecule has 176 valence electrons. The minimum Gasteiger partial charge on any atom is -0.335 e. The number of piperidine rings is 1. The number of anilines is 1. The molecule has 1 saturated carbocycles. The monoisotopic (exact) mass is 448 g/mol. The van der Waals surface area contributed by atoms with E-state index in [2.05, 4.69) is 33.0 Å². The van der Waals surface area contributed by atoms with E-state index in [0.29, 0.717) is 12.5 Å². The van der Waals surface area contributed by atoms with Crippen LogP contribution in [0.3, 0.4) is 0 Å². The molecule has 6 heteroatoms. The number of carbonyl (C=O) groups is 2. The first-order chi connectivity index (χ1) is 16.2. The van der Waals surface area contributed by atoms with Gasteiger partial charge in [0.05, 0.1) is 0 Å². The molecule has 0 unspecified atom stereocenters. The van der Waals surface area contributed by atoms with Crippen LogP contribution in [0.1, 0.15) is 51.4 Å². The highest BCUT2D eigenvalue weighted by molar-refractivity contribution is 5.95. The van der Waals surface area contributed by atoms with Crippen LogP contribution in [0.4, 0.5) is 10.5 Å². The summed E-state index contributed by atoms with van der Waals surface area (Å²) in [4.78, 5) is 27.2. The Bertz CT molecular complexity index is 903. The highest BCUT2D eigenvalue weighted by atomic mass is 16.2. The number of hydrogen-bond donors (Lipinski definition) is 3. The molecule has 2 aromatic rings. The van der Waals surface area contributed by atoms with Crippen molar-refractivity contribution in [3.8, 4) is 11.1 Å². The largest absolute Gasteiger partial charge is 0.335 e. The zero-order valence-electron chi connectivity index (χ0n) is 19.4. The zero-order chi connectivity index (χ0) is 22.9. The van der Waals surface area contributed by atoms with Gasteiger partial charge in [0.2, 0.25) is 5.91 Å². The maximum Gasteiger partial charge on any atom is 0.315 e. The maximum atomic E-state index is 12.6. The van der Waals surface area contributed by atoms with Gasteiger partial charge in [-0.1, -0.05) is 67.8 Å². The van der Waals surface area contributed by atoms with Crippen molar-refractivity contribution >= 4 is 17.6 Å². The molecule has 2 aromatic carbocycles. The molecule has 1 aliphatic carbocycles. The molecule has 1 aliphatic heterocycles. The van der Waals surface area contributed by atoms with Crippen molar-refractivity contribution in [1.29, 1.82) is 0 Å². The molecule has 6 nitrogen and oxygen atoms in total. The van der Waals surface area contributed by atoms with E-state index in [-0.39, 0.29) is 18.0 Å². The van der Waals surface area contributed by atoms with Gasteiger partial charge in [-0.15, -0.1) is 0 Å². The van der Waals surface area contributed by atoms with Crippen molar-refractivity contribution in [1.82, 2.24) is 15.5 Å². The molecule has 0 radical (unpaired) electrons. The average Bonchev–Trinajstić information content (AvgIpc) is 2.85. The minimum atomic E-state index is -0.0168. The van der Waals surface area contributed by atoms with Crippen LogP contribution in [-0.2, 0) is 4.79 Å². The summed E-state index contributed by atoms with van der Waals surface area (Å²) in [5, 5.41) is 9.38. The van der Waals surface area contributed by atoms with Gasteiger partial charge in [0, 0.05) is 49.4 Å². The summed E-state index contributed by atoms with van der Waals surface area (Å²) >= 11 is 0. The lowest BCUT2D eigenvalue weighted by Crippen LogP contribution is -2.50. The van der Waals surface area contributed by atoms with Crippen LogP contribution in [0, 0.1) is 0 Å². The van der Waals surface area contributed by atoms with Crippen molar-refractivity contribution in [2.75, 3.05) is 25.0 Å². The first-order valence-electron chi connectivity index (χ1n) is 12.4. The Morgan fingerprint density at radius 1 is 0.788 bits per heavy atom. The molecule has 0 aromatic heterocycles. The minimum absolute atomic E-state index is 0.0168. The number of rotatable bonds is 7. The van der Waals surface area contributed by atoms with Gasteiger partial charge in [-0.2, -0.15) is 0 Å². The van der Waals surface area contributed by atoms with Crippen LogP contribution in [0.25, 0.3) is 11.1 Å². The Morgan fingerprint density at radius 2 is 1.42 bits per heavy atom. The maximum absolute atomic E-state index is 12.6. The number of nitrogens with zero attached hydrogens (tertiary/aromatic N) is 1. The van der Waals surface area contributed by atoms with Crippen molar-refractivity contribution in [2.24, 2.45) is 0 Å². The SMILES string of the molecule is O=C(CCN1CCC(NC(=O)NC2CCCCC2)CC1)Nc1ccccc1-c1ccccc1. The fraction of sp³-hybridized carbons (Fsp3) is 0.481. The highest BCUT2D eigenvalue weighted by Gasteiger charge is 2.22. The molecule has 3 amide bonds. The van der Waals surface area contributed by atoms with Gasteiger partial charge in [0.25, 0.3) is 0 Å². The molecule has 3 N–H and O–H groups in total. The van der Waals surface area contributed by atoms with Gasteiger partial charge in [-0.05, 0) is 37.3 Å². The number of nitrogens with one attached hydrogen (secondary N) is 3. The standard InChI is InChI=1S/C27H36N4O2/c32-26(30-25-14-8-7-13-24(25)21-9-3-1-4-10-21)17-20-31-18-15-23(16-19-31)29-27(33)28-22-11-5-2-6-12-22/h1,3-4,7-10,13-14,22-23H,2,5-6,11-12,15-20H2,(H,30,32)(H2,28,29,33). The lowest BCUT2D eigenvalue weighted by Gasteiger charge is -2.32. The first kappa shape index (κ1) is 23.3. The summed E-state index contributed by atoms with van der Waals surface area (Å²) in [6.45, 7) is 2.55. The lowest BCUT2D eigenvalue weighted by atomic mass is 9.96. The summed E-state index contributed by atoms with van der Waals surface area (Å²) in [5.41, 5.74) is 2.97. The van der Waals surface area contributed by atoms with E-state index in [1.54, 1.807) is 0 Å². The summed E-state index contributed by atoms with van der Waals surface area (Å²) in [6.07, 6.45) is 8.24. The first-order valence-corrected chi connectivity index (χ1v) is 12.4. The molecular weight excluding hydrogens is 412 g/mol. The van der Waals surface area contributed by atoms with E-state index in [4.69, 9.17) is 0 Å². The molecule has 4 rings (SSSR count). The van der Waals surface area contributed by atoms with E-state index < -0.39 is 0 Å². The van der Waals surface area contributed by atoms with Crippen LogP contribution in [-0.4, -0.2) is 48.6 Å². The third-order valence-corrected chi connectivity index (χ3v) is 6.80. The second-order valence-electron chi connectivity index (χ2n) is 9.28. The van der Waals surface area contributed by atoms with Crippen molar-refractivity contribution in [3.63, 3.8) is 0 Å². The fourth-order valence-electron chi connectivity index (χ4n) is 4.89. The Hall–Kier alpha value is -2.86. The molecule has 33 heavy (non-hydrogen) atoms. The highest BCUT2D eigenvalue weighted by Crippen LogP contribution is 2.27. The Morgan fingerprint density at radius 3 is 2.15 bits per heavy atom. The number of likely N-dealkylation sites (tertiary alicyclic amines) is 1. The predicted molar refractivity (Wildman–Crippen MR) is 133 cm³/mol. The molecule has 2 fully saturated rings. The normalized spacial score (nSPS) is 17.9. The summed E-state index contributed by atoms with van der Waals surface area (Å²) in [7, 11) is 0. The average molecular weight is 449 g/mol. The Kier molecular flexibility index (Phi) is 8.36. The number of para-hydroxylation sites is 1. The van der Waals surface area contributed by atoms with Crippen LogP contribution in [0.5, 0.6) is 0 Å². The van der Waals surface area contributed by atoms with Gasteiger partial charge >= 0.3 is 6.03 Å². The van der Waals surface area contributed by atoms with Crippen LogP contribution in [0.15, 0.2) is 54.6 Å². The molecule has 2 aliphatic rings. The van der Waals surface area contributed by atoms with Crippen LogP contribution >= 0.6 is 0 Å². The second kappa shape index (κ2) is 11.8. The molecular formula is C27H36N4O2. The Balaban J connectivity index is 1.18. The number of urea groups is 1. The predicted octanol–water partition coefficient (Wildman–Crippen LogP) is 4.78. The molecule has 0 spiro atoms. The quantitative estimate of drug-likeness (QED) is 0.571. The van der Waals surface area contributed by atoms with E-state index in [9.17, 15) is 9.59 Å². The number of carbonyl (C=O) groups excluding carboxylic acids is 2. The Labute approximate surface area is 197 Å². The number of amides is 3. The summed E-state index contributed by atoms with van der Waals surface area (Å²) < 4.78 is 0. The van der Waals surface area contributed by atoms with Crippen molar-refractivity contribution in [2.45, 2.75) is 63.5 Å². The van der Waals surface area contributed by atoms with Crippen LogP contribution < -0.4 is 16.0 Å². The van der Waals surface area contributed by atoms with Crippen LogP contribution in [0.2, 0.25) is 0 Å². The topological polar surface area (TPSA) is 73.5 Å². The van der Waals surface area contributed by atoms with E-state index in [0.717, 1.165) is 62.1 Å². The third-order valence-electron chi connectivity index (χ3n) is 6.80. The molecule has 1 heterocycles. The summed E-state index contributed by atoms with van der Waals surface area (Å²) in [6, 6.07) is 18.6. The van der Waals surface area contributed by atoms with Crippen molar-refractivity contribution in [3.05, 3.63) is 54.6 Å². The van der Waals surface area contributed by atoms with E-state index >= 15 is 0 Å².